The third kappa shape index (κ3) is 4.10. The molecule has 2 atom stereocenters. The maximum Gasteiger partial charge on any atom is 0.0613 e. The minimum Gasteiger partial charge on any atom is -0.396 e. The zero-order chi connectivity index (χ0) is 10.5. The summed E-state index contributed by atoms with van der Waals surface area (Å²) in [5.41, 5.74) is -0.307. The molecule has 0 aromatic rings. The molecule has 0 spiro atoms. The molecule has 2 unspecified atom stereocenters. The van der Waals surface area contributed by atoms with Crippen LogP contribution in [0, 0.1) is 11.3 Å². The molecular weight excluding hydrogens is 164 g/mol. The summed E-state index contributed by atoms with van der Waals surface area (Å²) in [6.07, 6.45) is 2.30. The highest BCUT2D eigenvalue weighted by atomic mass is 16.3. The highest BCUT2D eigenvalue weighted by Gasteiger charge is 2.30. The zero-order valence-corrected chi connectivity index (χ0v) is 9.38. The molecule has 0 amide bonds. The summed E-state index contributed by atoms with van der Waals surface area (Å²) in [4.78, 5) is 0. The van der Waals surface area contributed by atoms with Crippen molar-refractivity contribution in [2.75, 3.05) is 6.61 Å². The second-order valence-corrected chi connectivity index (χ2v) is 4.67. The van der Waals surface area contributed by atoms with Gasteiger partial charge in [0, 0.05) is 5.41 Å². The molecule has 2 nitrogen and oxygen atoms in total. The van der Waals surface area contributed by atoms with Crippen LogP contribution < -0.4 is 0 Å². The number of hydrogen-bond donors (Lipinski definition) is 2. The van der Waals surface area contributed by atoms with E-state index >= 15 is 0 Å². The SMILES string of the molecule is CCC(O)C(C)(CO)CCC(C)C. The molecule has 0 fully saturated rings. The summed E-state index contributed by atoms with van der Waals surface area (Å²) in [6, 6.07) is 0. The molecule has 0 aliphatic heterocycles. The highest BCUT2D eigenvalue weighted by molar-refractivity contribution is 4.81. The standard InChI is InChI=1S/C11H24O2/c1-5-10(13)11(4,8-12)7-6-9(2)3/h9-10,12-13H,5-8H2,1-4H3. The lowest BCUT2D eigenvalue weighted by Gasteiger charge is -2.32. The van der Waals surface area contributed by atoms with Gasteiger partial charge < -0.3 is 10.2 Å². The van der Waals surface area contributed by atoms with Gasteiger partial charge in [0.15, 0.2) is 0 Å². The van der Waals surface area contributed by atoms with E-state index in [4.69, 9.17) is 0 Å². The molecule has 2 N–H and O–H groups in total. The largest absolute Gasteiger partial charge is 0.396 e. The molecule has 0 bridgehead atoms. The molecule has 0 aliphatic rings. The Hall–Kier alpha value is -0.0800. The van der Waals surface area contributed by atoms with Gasteiger partial charge in [-0.05, 0) is 18.8 Å². The lowest BCUT2D eigenvalue weighted by molar-refractivity contribution is -0.0158. The van der Waals surface area contributed by atoms with Crippen molar-refractivity contribution < 1.29 is 10.2 Å². The summed E-state index contributed by atoms with van der Waals surface area (Å²) in [6.45, 7) is 8.32. The summed E-state index contributed by atoms with van der Waals surface area (Å²) >= 11 is 0. The summed E-state index contributed by atoms with van der Waals surface area (Å²) in [5.74, 6) is 0.634. The Balaban J connectivity index is 4.11. The van der Waals surface area contributed by atoms with Crippen LogP contribution in [0.15, 0.2) is 0 Å². The summed E-state index contributed by atoms with van der Waals surface area (Å²) in [5, 5.41) is 19.0. The van der Waals surface area contributed by atoms with Gasteiger partial charge in [0.25, 0.3) is 0 Å². The Morgan fingerprint density at radius 1 is 1.31 bits per heavy atom. The van der Waals surface area contributed by atoms with Crippen molar-refractivity contribution in [2.24, 2.45) is 11.3 Å². The Bertz CT molecular complexity index is 134. The zero-order valence-electron chi connectivity index (χ0n) is 9.38. The number of aliphatic hydroxyl groups excluding tert-OH is 2. The first-order valence-electron chi connectivity index (χ1n) is 5.25. The van der Waals surface area contributed by atoms with Gasteiger partial charge in [0.05, 0.1) is 12.7 Å². The van der Waals surface area contributed by atoms with E-state index in [1.165, 1.54) is 0 Å². The predicted molar refractivity (Wildman–Crippen MR) is 55.6 cm³/mol. The van der Waals surface area contributed by atoms with Crippen LogP contribution >= 0.6 is 0 Å². The van der Waals surface area contributed by atoms with Gasteiger partial charge in [-0.1, -0.05) is 34.1 Å². The van der Waals surface area contributed by atoms with Crippen molar-refractivity contribution in [3.05, 3.63) is 0 Å². The van der Waals surface area contributed by atoms with Gasteiger partial charge >= 0.3 is 0 Å². The van der Waals surface area contributed by atoms with Crippen LogP contribution in [0.2, 0.25) is 0 Å². The molecule has 80 valence electrons. The van der Waals surface area contributed by atoms with E-state index in [0.29, 0.717) is 5.92 Å². The van der Waals surface area contributed by atoms with Gasteiger partial charge in [0.1, 0.15) is 0 Å². The van der Waals surface area contributed by atoms with Crippen molar-refractivity contribution >= 4 is 0 Å². The van der Waals surface area contributed by atoms with Crippen LogP contribution in [0.1, 0.15) is 47.0 Å². The second-order valence-electron chi connectivity index (χ2n) is 4.67. The molecule has 13 heavy (non-hydrogen) atoms. The molecule has 0 heterocycles. The fourth-order valence-corrected chi connectivity index (χ4v) is 1.46. The van der Waals surface area contributed by atoms with Crippen LogP contribution in [0.5, 0.6) is 0 Å². The number of rotatable bonds is 6. The predicted octanol–water partition coefficient (Wildman–Crippen LogP) is 2.19. The first-order chi connectivity index (χ1) is 5.96. The van der Waals surface area contributed by atoms with Crippen molar-refractivity contribution in [1.29, 1.82) is 0 Å². The smallest absolute Gasteiger partial charge is 0.0613 e. The first-order valence-corrected chi connectivity index (χ1v) is 5.25. The van der Waals surface area contributed by atoms with Crippen LogP contribution in [0.4, 0.5) is 0 Å². The van der Waals surface area contributed by atoms with E-state index in [1.54, 1.807) is 0 Å². The molecule has 0 aromatic heterocycles. The maximum atomic E-state index is 9.73. The molecule has 0 aliphatic carbocycles. The third-order valence-electron chi connectivity index (χ3n) is 2.85. The van der Waals surface area contributed by atoms with Crippen molar-refractivity contribution in [3.8, 4) is 0 Å². The Morgan fingerprint density at radius 2 is 1.85 bits per heavy atom. The molecular formula is C11H24O2. The Kier molecular flexibility index (Phi) is 5.57. The average Bonchev–Trinajstić information content (AvgIpc) is 2.12. The number of aliphatic hydroxyl groups is 2. The number of hydrogen-bond acceptors (Lipinski definition) is 2. The van der Waals surface area contributed by atoms with Gasteiger partial charge in [-0.25, -0.2) is 0 Å². The third-order valence-corrected chi connectivity index (χ3v) is 2.85. The second kappa shape index (κ2) is 5.61. The maximum absolute atomic E-state index is 9.73. The summed E-state index contributed by atoms with van der Waals surface area (Å²) in [7, 11) is 0. The molecule has 0 radical (unpaired) electrons. The van der Waals surface area contributed by atoms with E-state index in [-0.39, 0.29) is 18.1 Å². The van der Waals surface area contributed by atoms with Gasteiger partial charge in [-0.15, -0.1) is 0 Å². The fraction of sp³-hybridized carbons (Fsp3) is 1.00. The molecule has 0 rings (SSSR count). The Morgan fingerprint density at radius 3 is 2.15 bits per heavy atom. The van der Waals surface area contributed by atoms with Gasteiger partial charge in [0.2, 0.25) is 0 Å². The lowest BCUT2D eigenvalue weighted by atomic mass is 9.78. The van der Waals surface area contributed by atoms with Crippen LogP contribution in [-0.4, -0.2) is 22.9 Å². The van der Waals surface area contributed by atoms with Gasteiger partial charge in [-0.2, -0.15) is 0 Å². The molecule has 2 heteroatoms. The highest BCUT2D eigenvalue weighted by Crippen LogP contribution is 2.30. The normalized spacial score (nSPS) is 18.7. The van der Waals surface area contributed by atoms with E-state index in [2.05, 4.69) is 13.8 Å². The lowest BCUT2D eigenvalue weighted by Crippen LogP contribution is -2.35. The van der Waals surface area contributed by atoms with Crippen LogP contribution in [-0.2, 0) is 0 Å². The van der Waals surface area contributed by atoms with Crippen LogP contribution in [0.25, 0.3) is 0 Å². The Labute approximate surface area is 82.0 Å². The fourth-order valence-electron chi connectivity index (χ4n) is 1.46. The van der Waals surface area contributed by atoms with Crippen molar-refractivity contribution in [1.82, 2.24) is 0 Å². The quantitative estimate of drug-likeness (QED) is 0.671. The molecule has 0 saturated heterocycles. The molecule has 0 aromatic carbocycles. The topological polar surface area (TPSA) is 40.5 Å². The minimum atomic E-state index is -0.378. The van der Waals surface area contributed by atoms with E-state index in [0.717, 1.165) is 19.3 Å². The van der Waals surface area contributed by atoms with E-state index in [9.17, 15) is 10.2 Å². The van der Waals surface area contributed by atoms with Crippen molar-refractivity contribution in [2.45, 2.75) is 53.1 Å². The van der Waals surface area contributed by atoms with Crippen molar-refractivity contribution in [3.63, 3.8) is 0 Å². The average molecular weight is 188 g/mol. The van der Waals surface area contributed by atoms with Gasteiger partial charge in [-0.3, -0.25) is 0 Å². The first kappa shape index (κ1) is 12.9. The monoisotopic (exact) mass is 188 g/mol. The van der Waals surface area contributed by atoms with E-state index < -0.39 is 0 Å². The van der Waals surface area contributed by atoms with E-state index in [1.807, 2.05) is 13.8 Å². The van der Waals surface area contributed by atoms with Crippen LogP contribution in [0.3, 0.4) is 0 Å². The minimum absolute atomic E-state index is 0.0781. The molecule has 0 saturated carbocycles. The summed E-state index contributed by atoms with van der Waals surface area (Å²) < 4.78 is 0.